The van der Waals surface area contributed by atoms with E-state index in [0.717, 1.165) is 5.56 Å². The molecule has 0 aliphatic rings. The smallest absolute Gasteiger partial charge is 0.301 e. The van der Waals surface area contributed by atoms with Gasteiger partial charge in [0.15, 0.2) is 0 Å². The summed E-state index contributed by atoms with van der Waals surface area (Å²) in [5.41, 5.74) is 1.68. The van der Waals surface area contributed by atoms with Gasteiger partial charge in [0.25, 0.3) is 0 Å². The number of hydrogen-bond donors (Lipinski definition) is 2. The number of nitrogens with zero attached hydrogens (tertiary/aromatic N) is 1. The van der Waals surface area contributed by atoms with E-state index in [2.05, 4.69) is 10.0 Å². The zero-order valence-electron chi connectivity index (χ0n) is 12.1. The molecule has 6 heteroatoms. The lowest BCUT2D eigenvalue weighted by molar-refractivity contribution is 0.414. The Labute approximate surface area is 116 Å². The maximum absolute atomic E-state index is 12.0. The minimum absolute atomic E-state index is 0.0823. The fourth-order valence-electron chi connectivity index (χ4n) is 1.50. The fourth-order valence-corrected chi connectivity index (χ4v) is 2.64. The van der Waals surface area contributed by atoms with Crippen LogP contribution in [0.3, 0.4) is 0 Å². The summed E-state index contributed by atoms with van der Waals surface area (Å²) in [6.45, 7) is 5.71. The van der Waals surface area contributed by atoms with Crippen molar-refractivity contribution in [2.75, 3.05) is 18.8 Å². The highest BCUT2D eigenvalue weighted by atomic mass is 32.2. The summed E-state index contributed by atoms with van der Waals surface area (Å²) < 4.78 is 27.9. The third-order valence-electron chi connectivity index (χ3n) is 3.20. The molecular weight excluding hydrogens is 262 g/mol. The number of benzene rings is 1. The summed E-state index contributed by atoms with van der Waals surface area (Å²) in [5, 5.41) is 3.14. The molecule has 0 aliphatic heterocycles. The first kappa shape index (κ1) is 15.9. The zero-order valence-corrected chi connectivity index (χ0v) is 13.0. The van der Waals surface area contributed by atoms with Gasteiger partial charge in [-0.15, -0.1) is 0 Å². The monoisotopic (exact) mass is 285 g/mol. The predicted octanol–water partition coefficient (Wildman–Crippen LogP) is 1.96. The molecule has 0 heterocycles. The third-order valence-corrected chi connectivity index (χ3v) is 4.87. The second kappa shape index (κ2) is 6.36. The van der Waals surface area contributed by atoms with Crippen LogP contribution >= 0.6 is 0 Å². The van der Waals surface area contributed by atoms with Crippen molar-refractivity contribution in [2.45, 2.75) is 32.9 Å². The van der Waals surface area contributed by atoms with Gasteiger partial charge >= 0.3 is 10.2 Å². The number of rotatable bonds is 6. The van der Waals surface area contributed by atoms with Gasteiger partial charge < -0.3 is 5.32 Å². The van der Waals surface area contributed by atoms with Crippen molar-refractivity contribution in [3.63, 3.8) is 0 Å². The largest absolute Gasteiger partial charge is 0.313 e. The van der Waals surface area contributed by atoms with Crippen LogP contribution in [-0.2, 0) is 10.2 Å². The van der Waals surface area contributed by atoms with Gasteiger partial charge in [-0.3, -0.25) is 4.72 Å². The van der Waals surface area contributed by atoms with E-state index in [1.54, 1.807) is 19.2 Å². The molecule has 0 amide bonds. The van der Waals surface area contributed by atoms with Crippen LogP contribution in [0.1, 0.15) is 32.4 Å². The van der Waals surface area contributed by atoms with Crippen LogP contribution in [0.5, 0.6) is 0 Å². The van der Waals surface area contributed by atoms with E-state index in [1.165, 1.54) is 4.31 Å². The molecule has 1 atom stereocenters. The molecule has 0 saturated carbocycles. The highest BCUT2D eigenvalue weighted by molar-refractivity contribution is 7.90. The first-order valence-electron chi connectivity index (χ1n) is 6.31. The number of nitrogens with one attached hydrogen (secondary N) is 2. The Bertz CT molecular complexity index is 497. The molecule has 2 N–H and O–H groups in total. The first-order valence-corrected chi connectivity index (χ1v) is 7.75. The van der Waals surface area contributed by atoms with Crippen molar-refractivity contribution >= 4 is 15.9 Å². The Hall–Kier alpha value is -1.11. The molecule has 0 radical (unpaired) electrons. The molecule has 5 nitrogen and oxygen atoms in total. The molecule has 0 aromatic heterocycles. The SMILES string of the molecule is CNC(C)c1ccc(NS(=O)(=O)N(C)C(C)C)cc1. The Kier molecular flexibility index (Phi) is 5.34. The maximum atomic E-state index is 12.0. The van der Waals surface area contributed by atoms with Gasteiger partial charge in [-0.2, -0.15) is 12.7 Å². The normalized spacial score (nSPS) is 13.8. The van der Waals surface area contributed by atoms with Crippen molar-refractivity contribution in [3.8, 4) is 0 Å². The van der Waals surface area contributed by atoms with E-state index in [0.29, 0.717) is 5.69 Å². The summed E-state index contributed by atoms with van der Waals surface area (Å²) in [4.78, 5) is 0. The first-order chi connectivity index (χ1) is 8.77. The van der Waals surface area contributed by atoms with E-state index in [4.69, 9.17) is 0 Å². The van der Waals surface area contributed by atoms with Gasteiger partial charge in [0, 0.05) is 24.8 Å². The Morgan fingerprint density at radius 2 is 1.63 bits per heavy atom. The van der Waals surface area contributed by atoms with E-state index >= 15 is 0 Å². The predicted molar refractivity (Wildman–Crippen MR) is 79.4 cm³/mol. The molecule has 1 unspecified atom stereocenters. The van der Waals surface area contributed by atoms with Crippen molar-refractivity contribution in [3.05, 3.63) is 29.8 Å². The summed E-state index contributed by atoms with van der Waals surface area (Å²) in [6, 6.07) is 7.53. The Morgan fingerprint density at radius 3 is 2.05 bits per heavy atom. The van der Waals surface area contributed by atoms with Crippen LogP contribution < -0.4 is 10.0 Å². The van der Waals surface area contributed by atoms with E-state index in [9.17, 15) is 8.42 Å². The quantitative estimate of drug-likeness (QED) is 0.840. The average molecular weight is 285 g/mol. The third kappa shape index (κ3) is 4.19. The lowest BCUT2D eigenvalue weighted by Gasteiger charge is -2.21. The Balaban J connectivity index is 2.84. The minimum atomic E-state index is -3.48. The van der Waals surface area contributed by atoms with Gasteiger partial charge in [0.2, 0.25) is 0 Å². The van der Waals surface area contributed by atoms with Crippen molar-refractivity contribution in [1.82, 2.24) is 9.62 Å². The van der Waals surface area contributed by atoms with Crippen molar-refractivity contribution < 1.29 is 8.42 Å². The lowest BCUT2D eigenvalue weighted by atomic mass is 10.1. The lowest BCUT2D eigenvalue weighted by Crippen LogP contribution is -2.37. The second-order valence-corrected chi connectivity index (χ2v) is 6.58. The van der Waals surface area contributed by atoms with E-state index in [1.807, 2.05) is 40.0 Å². The van der Waals surface area contributed by atoms with Crippen LogP contribution in [0.15, 0.2) is 24.3 Å². The van der Waals surface area contributed by atoms with Crippen LogP contribution in [0.2, 0.25) is 0 Å². The molecule has 1 rings (SSSR count). The topological polar surface area (TPSA) is 61.4 Å². The van der Waals surface area contributed by atoms with Gasteiger partial charge in [-0.05, 0) is 45.5 Å². The summed E-state index contributed by atoms with van der Waals surface area (Å²) >= 11 is 0. The Morgan fingerprint density at radius 1 is 1.11 bits per heavy atom. The summed E-state index contributed by atoms with van der Waals surface area (Å²) in [5.74, 6) is 0. The summed E-state index contributed by atoms with van der Waals surface area (Å²) in [7, 11) is -0.0358. The molecular formula is C13H23N3O2S. The molecule has 0 aliphatic carbocycles. The van der Waals surface area contributed by atoms with Crippen LogP contribution in [0, 0.1) is 0 Å². The standard InChI is InChI=1S/C13H23N3O2S/c1-10(2)16(5)19(17,18)15-13-8-6-12(7-9-13)11(3)14-4/h6-11,14-15H,1-5H3. The second-order valence-electron chi connectivity index (χ2n) is 4.85. The van der Waals surface area contributed by atoms with E-state index in [-0.39, 0.29) is 12.1 Å². The molecule has 0 bridgehead atoms. The molecule has 108 valence electrons. The van der Waals surface area contributed by atoms with Crippen LogP contribution in [-0.4, -0.2) is 32.9 Å². The van der Waals surface area contributed by atoms with Gasteiger partial charge in [0.1, 0.15) is 0 Å². The highest BCUT2D eigenvalue weighted by Crippen LogP contribution is 2.17. The molecule has 1 aromatic carbocycles. The highest BCUT2D eigenvalue weighted by Gasteiger charge is 2.20. The van der Waals surface area contributed by atoms with Gasteiger partial charge in [0.05, 0.1) is 0 Å². The van der Waals surface area contributed by atoms with Crippen LogP contribution in [0.4, 0.5) is 5.69 Å². The fraction of sp³-hybridized carbons (Fsp3) is 0.538. The number of hydrogen-bond acceptors (Lipinski definition) is 3. The number of anilines is 1. The molecule has 0 spiro atoms. The molecule has 19 heavy (non-hydrogen) atoms. The maximum Gasteiger partial charge on any atom is 0.301 e. The molecule has 0 saturated heterocycles. The molecule has 0 fully saturated rings. The minimum Gasteiger partial charge on any atom is -0.313 e. The van der Waals surface area contributed by atoms with Crippen LogP contribution in [0.25, 0.3) is 0 Å². The van der Waals surface area contributed by atoms with Crippen molar-refractivity contribution in [2.24, 2.45) is 0 Å². The van der Waals surface area contributed by atoms with Gasteiger partial charge in [-0.25, -0.2) is 0 Å². The summed E-state index contributed by atoms with van der Waals surface area (Å²) in [6.07, 6.45) is 0. The van der Waals surface area contributed by atoms with E-state index < -0.39 is 10.2 Å². The van der Waals surface area contributed by atoms with Gasteiger partial charge in [-0.1, -0.05) is 12.1 Å². The molecule has 1 aromatic rings. The van der Waals surface area contributed by atoms with Crippen molar-refractivity contribution in [1.29, 1.82) is 0 Å². The average Bonchev–Trinajstić information content (AvgIpc) is 2.37. The zero-order chi connectivity index (χ0) is 14.6.